The van der Waals surface area contributed by atoms with Gasteiger partial charge in [0.1, 0.15) is 5.69 Å². The van der Waals surface area contributed by atoms with Crippen molar-refractivity contribution in [3.63, 3.8) is 0 Å². The standard InChI is InChI=1S/C12H12F2N2O2/c13-8-1-2-9-12(11(8)14)16-3-4-18-6-7(16)5-10(17)15-9/h1-2,7H,3-6H2,(H,15,17). The van der Waals surface area contributed by atoms with Gasteiger partial charge in [-0.2, -0.15) is 0 Å². The molecule has 0 radical (unpaired) electrons. The van der Waals surface area contributed by atoms with Crippen LogP contribution in [0.1, 0.15) is 6.42 Å². The summed E-state index contributed by atoms with van der Waals surface area (Å²) in [5.41, 5.74) is 0.456. The van der Waals surface area contributed by atoms with E-state index in [1.165, 1.54) is 6.07 Å². The van der Waals surface area contributed by atoms with Gasteiger partial charge in [-0.15, -0.1) is 0 Å². The Morgan fingerprint density at radius 3 is 3.06 bits per heavy atom. The number of ether oxygens (including phenoxy) is 1. The smallest absolute Gasteiger partial charge is 0.226 e. The van der Waals surface area contributed by atoms with Gasteiger partial charge in [0.15, 0.2) is 11.6 Å². The number of benzene rings is 1. The van der Waals surface area contributed by atoms with Gasteiger partial charge in [-0.3, -0.25) is 4.79 Å². The number of hydrogen-bond donors (Lipinski definition) is 1. The molecule has 1 saturated heterocycles. The van der Waals surface area contributed by atoms with Gasteiger partial charge < -0.3 is 15.0 Å². The fourth-order valence-electron chi connectivity index (χ4n) is 2.46. The molecule has 1 aromatic rings. The van der Waals surface area contributed by atoms with E-state index in [2.05, 4.69) is 5.32 Å². The van der Waals surface area contributed by atoms with E-state index >= 15 is 0 Å². The topological polar surface area (TPSA) is 41.6 Å². The second-order valence-electron chi connectivity index (χ2n) is 4.43. The summed E-state index contributed by atoms with van der Waals surface area (Å²) in [5.74, 6) is -2.03. The molecule has 0 bridgehead atoms. The number of fused-ring (bicyclic) bond motifs is 3. The maximum atomic E-state index is 14.0. The van der Waals surface area contributed by atoms with Crippen LogP contribution in [0.3, 0.4) is 0 Å². The van der Waals surface area contributed by atoms with Crippen LogP contribution in [0.25, 0.3) is 0 Å². The van der Waals surface area contributed by atoms with E-state index in [1.807, 2.05) is 0 Å². The van der Waals surface area contributed by atoms with Gasteiger partial charge >= 0.3 is 0 Å². The molecule has 6 heteroatoms. The first kappa shape index (κ1) is 11.4. The maximum absolute atomic E-state index is 14.0. The molecule has 1 amide bonds. The molecule has 1 fully saturated rings. The largest absolute Gasteiger partial charge is 0.377 e. The molecule has 96 valence electrons. The maximum Gasteiger partial charge on any atom is 0.226 e. The summed E-state index contributed by atoms with van der Waals surface area (Å²) in [5, 5.41) is 2.60. The molecule has 4 nitrogen and oxygen atoms in total. The number of carbonyl (C=O) groups excluding carboxylic acids is 1. The first-order valence-corrected chi connectivity index (χ1v) is 5.79. The van der Waals surface area contributed by atoms with Crippen molar-refractivity contribution >= 4 is 17.3 Å². The Hall–Kier alpha value is -1.69. The summed E-state index contributed by atoms with van der Waals surface area (Å²) in [7, 11) is 0. The Bertz CT molecular complexity index is 507. The van der Waals surface area contributed by atoms with E-state index in [0.29, 0.717) is 25.4 Å². The molecular weight excluding hydrogens is 242 g/mol. The zero-order valence-electron chi connectivity index (χ0n) is 9.58. The van der Waals surface area contributed by atoms with E-state index in [-0.39, 0.29) is 24.1 Å². The predicted octanol–water partition coefficient (Wildman–Crippen LogP) is 1.51. The molecule has 1 aromatic carbocycles. The Kier molecular flexibility index (Phi) is 2.66. The second-order valence-corrected chi connectivity index (χ2v) is 4.43. The van der Waals surface area contributed by atoms with Gasteiger partial charge in [0, 0.05) is 13.0 Å². The van der Waals surface area contributed by atoms with Crippen molar-refractivity contribution in [3.05, 3.63) is 23.8 Å². The third-order valence-corrected chi connectivity index (χ3v) is 3.28. The molecule has 0 aliphatic carbocycles. The van der Waals surface area contributed by atoms with Crippen LogP contribution in [0.15, 0.2) is 12.1 Å². The lowest BCUT2D eigenvalue weighted by atomic mass is 10.1. The van der Waals surface area contributed by atoms with Crippen molar-refractivity contribution < 1.29 is 18.3 Å². The first-order valence-electron chi connectivity index (χ1n) is 5.79. The highest BCUT2D eigenvalue weighted by Gasteiger charge is 2.33. The molecule has 1 N–H and O–H groups in total. The SMILES string of the molecule is O=C1CC2COCCN2c2c(ccc(F)c2F)N1. The highest BCUT2D eigenvalue weighted by Crippen LogP contribution is 2.36. The van der Waals surface area contributed by atoms with Crippen molar-refractivity contribution in [1.82, 2.24) is 0 Å². The molecule has 18 heavy (non-hydrogen) atoms. The van der Waals surface area contributed by atoms with E-state index in [0.717, 1.165) is 6.07 Å². The average Bonchev–Trinajstić information content (AvgIpc) is 2.49. The highest BCUT2D eigenvalue weighted by atomic mass is 19.2. The van der Waals surface area contributed by atoms with Crippen molar-refractivity contribution in [3.8, 4) is 0 Å². The van der Waals surface area contributed by atoms with Gasteiger partial charge in [-0.05, 0) is 12.1 Å². The number of nitrogens with zero attached hydrogens (tertiary/aromatic N) is 1. The molecule has 3 rings (SSSR count). The summed E-state index contributed by atoms with van der Waals surface area (Å²) in [6.45, 7) is 1.25. The summed E-state index contributed by atoms with van der Waals surface area (Å²) in [6.07, 6.45) is 0.218. The molecular formula is C12H12F2N2O2. The monoisotopic (exact) mass is 254 g/mol. The van der Waals surface area contributed by atoms with Crippen LogP contribution in [0.4, 0.5) is 20.2 Å². The number of carbonyl (C=O) groups is 1. The van der Waals surface area contributed by atoms with E-state index < -0.39 is 11.6 Å². The second kappa shape index (κ2) is 4.20. The van der Waals surface area contributed by atoms with Crippen molar-refractivity contribution in [2.45, 2.75) is 12.5 Å². The average molecular weight is 254 g/mol. The van der Waals surface area contributed by atoms with Gasteiger partial charge in [0.25, 0.3) is 0 Å². The van der Waals surface area contributed by atoms with Crippen molar-refractivity contribution in [2.24, 2.45) is 0 Å². The number of hydrogen-bond acceptors (Lipinski definition) is 3. The Morgan fingerprint density at radius 1 is 1.39 bits per heavy atom. The van der Waals surface area contributed by atoms with Gasteiger partial charge in [0.2, 0.25) is 5.91 Å². The Labute approximate surface area is 103 Å². The van der Waals surface area contributed by atoms with Crippen molar-refractivity contribution in [1.29, 1.82) is 0 Å². The summed E-state index contributed by atoms with van der Waals surface area (Å²) in [6, 6.07) is 2.18. The summed E-state index contributed by atoms with van der Waals surface area (Å²) < 4.78 is 32.6. The molecule has 2 aliphatic heterocycles. The van der Waals surface area contributed by atoms with E-state index in [9.17, 15) is 13.6 Å². The number of halogens is 2. The molecule has 1 atom stereocenters. The number of amides is 1. The lowest BCUT2D eigenvalue weighted by Gasteiger charge is -2.36. The quantitative estimate of drug-likeness (QED) is 0.763. The van der Waals surface area contributed by atoms with Crippen LogP contribution in [0.5, 0.6) is 0 Å². The van der Waals surface area contributed by atoms with Gasteiger partial charge in [-0.25, -0.2) is 8.78 Å². The fraction of sp³-hybridized carbons (Fsp3) is 0.417. The Balaban J connectivity index is 2.14. The van der Waals surface area contributed by atoms with Crippen LogP contribution in [0.2, 0.25) is 0 Å². The van der Waals surface area contributed by atoms with Gasteiger partial charge in [-0.1, -0.05) is 0 Å². The lowest BCUT2D eigenvalue weighted by molar-refractivity contribution is -0.116. The number of morpholine rings is 1. The zero-order valence-corrected chi connectivity index (χ0v) is 9.58. The minimum Gasteiger partial charge on any atom is -0.377 e. The molecule has 1 unspecified atom stereocenters. The van der Waals surface area contributed by atoms with E-state index in [1.54, 1.807) is 4.90 Å². The van der Waals surface area contributed by atoms with Crippen LogP contribution in [-0.2, 0) is 9.53 Å². The zero-order chi connectivity index (χ0) is 12.7. The highest BCUT2D eigenvalue weighted by molar-refractivity contribution is 5.96. The first-order chi connectivity index (χ1) is 8.66. The normalized spacial score (nSPS) is 22.9. The van der Waals surface area contributed by atoms with E-state index in [4.69, 9.17) is 4.74 Å². The fourth-order valence-corrected chi connectivity index (χ4v) is 2.46. The summed E-state index contributed by atoms with van der Waals surface area (Å²) >= 11 is 0. The van der Waals surface area contributed by atoms with Crippen LogP contribution >= 0.6 is 0 Å². The van der Waals surface area contributed by atoms with Crippen LogP contribution in [0, 0.1) is 11.6 Å². The van der Waals surface area contributed by atoms with Gasteiger partial charge in [0.05, 0.1) is 24.9 Å². The van der Waals surface area contributed by atoms with Crippen molar-refractivity contribution in [2.75, 3.05) is 30.0 Å². The molecule has 0 aromatic heterocycles. The lowest BCUT2D eigenvalue weighted by Crippen LogP contribution is -2.46. The number of anilines is 2. The molecule has 0 saturated carbocycles. The molecule has 2 aliphatic rings. The third-order valence-electron chi connectivity index (χ3n) is 3.28. The predicted molar refractivity (Wildman–Crippen MR) is 61.6 cm³/mol. The minimum atomic E-state index is -0.915. The molecule has 2 heterocycles. The molecule has 0 spiro atoms. The summed E-state index contributed by atoms with van der Waals surface area (Å²) in [4.78, 5) is 13.4. The van der Waals surface area contributed by atoms with Crippen LogP contribution in [-0.4, -0.2) is 31.7 Å². The minimum absolute atomic E-state index is 0.133. The number of rotatable bonds is 0. The Morgan fingerprint density at radius 2 is 2.22 bits per heavy atom. The third kappa shape index (κ3) is 1.73. The van der Waals surface area contributed by atoms with Crippen LogP contribution < -0.4 is 10.2 Å². The number of nitrogens with one attached hydrogen (secondary N) is 1.